The van der Waals surface area contributed by atoms with Crippen molar-refractivity contribution in [3.05, 3.63) is 59.7 Å². The zero-order valence-electron chi connectivity index (χ0n) is 11.8. The third-order valence-corrected chi connectivity index (χ3v) is 3.88. The first-order valence-corrected chi connectivity index (χ1v) is 7.60. The second-order valence-corrected chi connectivity index (χ2v) is 5.75. The van der Waals surface area contributed by atoms with Crippen LogP contribution in [0.3, 0.4) is 0 Å². The molecule has 0 aliphatic heterocycles. The molecule has 2 rings (SSSR count). The van der Waals surface area contributed by atoms with E-state index in [0.29, 0.717) is 6.42 Å². The molecule has 0 radical (unpaired) electrons. The first-order valence-electron chi connectivity index (χ1n) is 6.62. The molecule has 0 aliphatic rings. The van der Waals surface area contributed by atoms with Gasteiger partial charge in [-0.2, -0.15) is 0 Å². The predicted molar refractivity (Wildman–Crippen MR) is 83.9 cm³/mol. The zero-order chi connectivity index (χ0) is 14.4. The Hall–Kier alpha value is -1.74. The highest BCUT2D eigenvalue weighted by molar-refractivity contribution is 7.99. The SMILES string of the molecule is CCSc1ccc(C(=O)Cc2cccc(OC)c2)cc1. The molecule has 0 fully saturated rings. The molecule has 0 aliphatic carbocycles. The van der Waals surface area contributed by atoms with Gasteiger partial charge in [0.15, 0.2) is 5.78 Å². The Labute approximate surface area is 124 Å². The van der Waals surface area contributed by atoms with E-state index in [-0.39, 0.29) is 5.78 Å². The molecule has 0 saturated heterocycles. The van der Waals surface area contributed by atoms with E-state index >= 15 is 0 Å². The first-order chi connectivity index (χ1) is 9.72. The molecule has 104 valence electrons. The van der Waals surface area contributed by atoms with E-state index in [4.69, 9.17) is 4.74 Å². The van der Waals surface area contributed by atoms with Gasteiger partial charge in [-0.1, -0.05) is 31.2 Å². The van der Waals surface area contributed by atoms with E-state index in [2.05, 4.69) is 6.92 Å². The van der Waals surface area contributed by atoms with Crippen molar-refractivity contribution in [3.8, 4) is 5.75 Å². The predicted octanol–water partition coefficient (Wildman–Crippen LogP) is 4.23. The largest absolute Gasteiger partial charge is 0.497 e. The van der Waals surface area contributed by atoms with Crippen molar-refractivity contribution in [1.82, 2.24) is 0 Å². The van der Waals surface area contributed by atoms with Crippen molar-refractivity contribution in [1.29, 1.82) is 0 Å². The molecule has 0 unspecified atom stereocenters. The van der Waals surface area contributed by atoms with Crippen molar-refractivity contribution >= 4 is 17.5 Å². The fourth-order valence-electron chi connectivity index (χ4n) is 1.97. The number of thioether (sulfide) groups is 1. The van der Waals surface area contributed by atoms with Gasteiger partial charge >= 0.3 is 0 Å². The summed E-state index contributed by atoms with van der Waals surface area (Å²) in [6, 6.07) is 15.5. The van der Waals surface area contributed by atoms with Gasteiger partial charge in [-0.25, -0.2) is 0 Å². The highest BCUT2D eigenvalue weighted by Gasteiger charge is 2.07. The molecule has 2 nitrogen and oxygen atoms in total. The second kappa shape index (κ2) is 7.15. The molecule has 0 amide bonds. The number of methoxy groups -OCH3 is 1. The van der Waals surface area contributed by atoms with Crippen LogP contribution in [0.25, 0.3) is 0 Å². The summed E-state index contributed by atoms with van der Waals surface area (Å²) in [6.45, 7) is 2.12. The van der Waals surface area contributed by atoms with Crippen LogP contribution >= 0.6 is 11.8 Å². The molecular weight excluding hydrogens is 268 g/mol. The zero-order valence-corrected chi connectivity index (χ0v) is 12.6. The Kier molecular flexibility index (Phi) is 5.24. The molecular formula is C17H18O2S. The third kappa shape index (κ3) is 3.87. The van der Waals surface area contributed by atoms with E-state index in [1.807, 2.05) is 48.5 Å². The van der Waals surface area contributed by atoms with Crippen LogP contribution < -0.4 is 4.74 Å². The lowest BCUT2D eigenvalue weighted by Crippen LogP contribution is -2.03. The number of Topliss-reactive ketones (excluding diaryl/α,β-unsaturated/α-hetero) is 1. The maximum Gasteiger partial charge on any atom is 0.167 e. The summed E-state index contributed by atoms with van der Waals surface area (Å²) in [4.78, 5) is 13.4. The van der Waals surface area contributed by atoms with Crippen molar-refractivity contribution in [2.75, 3.05) is 12.9 Å². The summed E-state index contributed by atoms with van der Waals surface area (Å²) in [5.74, 6) is 1.95. The van der Waals surface area contributed by atoms with Crippen LogP contribution in [-0.4, -0.2) is 18.6 Å². The maximum atomic E-state index is 12.2. The van der Waals surface area contributed by atoms with E-state index in [0.717, 1.165) is 22.6 Å². The van der Waals surface area contributed by atoms with Crippen molar-refractivity contribution in [2.24, 2.45) is 0 Å². The molecule has 3 heteroatoms. The number of rotatable bonds is 6. The van der Waals surface area contributed by atoms with Crippen molar-refractivity contribution < 1.29 is 9.53 Å². The molecule has 0 bridgehead atoms. The number of hydrogen-bond acceptors (Lipinski definition) is 3. The van der Waals surface area contributed by atoms with Crippen LogP contribution in [-0.2, 0) is 6.42 Å². The number of carbonyl (C=O) groups excluding carboxylic acids is 1. The van der Waals surface area contributed by atoms with Crippen LogP contribution in [0.5, 0.6) is 5.75 Å². The van der Waals surface area contributed by atoms with Gasteiger partial charge in [0.1, 0.15) is 5.75 Å². The number of benzene rings is 2. The summed E-state index contributed by atoms with van der Waals surface area (Å²) < 4.78 is 5.17. The fraction of sp³-hybridized carbons (Fsp3) is 0.235. The van der Waals surface area contributed by atoms with Crippen molar-refractivity contribution in [2.45, 2.75) is 18.2 Å². The molecule has 20 heavy (non-hydrogen) atoms. The lowest BCUT2D eigenvalue weighted by atomic mass is 10.0. The molecule has 2 aromatic carbocycles. The maximum absolute atomic E-state index is 12.2. The standard InChI is InChI=1S/C17H18O2S/c1-3-20-16-9-7-14(8-10-16)17(18)12-13-5-4-6-15(11-13)19-2/h4-11H,3,12H2,1-2H3. The van der Waals surface area contributed by atoms with Crippen LogP contribution in [0.2, 0.25) is 0 Å². The molecule has 0 saturated carbocycles. The average molecular weight is 286 g/mol. The lowest BCUT2D eigenvalue weighted by molar-refractivity contribution is 0.0993. The van der Waals surface area contributed by atoms with Gasteiger partial charge in [0.05, 0.1) is 7.11 Å². The Bertz CT molecular complexity index is 576. The van der Waals surface area contributed by atoms with Crippen LogP contribution in [0.4, 0.5) is 0 Å². The van der Waals surface area contributed by atoms with Gasteiger partial charge in [-0.05, 0) is 35.6 Å². The van der Waals surface area contributed by atoms with E-state index in [1.54, 1.807) is 18.9 Å². The lowest BCUT2D eigenvalue weighted by Gasteiger charge is -2.05. The smallest absolute Gasteiger partial charge is 0.167 e. The van der Waals surface area contributed by atoms with Gasteiger partial charge in [0.2, 0.25) is 0 Å². The molecule has 0 spiro atoms. The summed E-state index contributed by atoms with van der Waals surface area (Å²) in [6.07, 6.45) is 0.400. The van der Waals surface area contributed by atoms with E-state index in [9.17, 15) is 4.79 Å². The summed E-state index contributed by atoms with van der Waals surface area (Å²) in [7, 11) is 1.63. The minimum atomic E-state index is 0.131. The van der Waals surface area contributed by atoms with Gasteiger partial charge in [-0.3, -0.25) is 4.79 Å². The monoisotopic (exact) mass is 286 g/mol. The van der Waals surface area contributed by atoms with Gasteiger partial charge in [0, 0.05) is 16.9 Å². The molecule has 0 atom stereocenters. The average Bonchev–Trinajstić information content (AvgIpc) is 2.48. The number of carbonyl (C=O) groups is 1. The molecule has 0 N–H and O–H groups in total. The first kappa shape index (κ1) is 14.7. The quantitative estimate of drug-likeness (QED) is 0.587. The van der Waals surface area contributed by atoms with Gasteiger partial charge in [0.25, 0.3) is 0 Å². The van der Waals surface area contributed by atoms with Gasteiger partial charge in [-0.15, -0.1) is 11.8 Å². The topological polar surface area (TPSA) is 26.3 Å². The third-order valence-electron chi connectivity index (χ3n) is 2.99. The summed E-state index contributed by atoms with van der Waals surface area (Å²) in [5.41, 5.74) is 1.73. The number of hydrogen-bond donors (Lipinski definition) is 0. The highest BCUT2D eigenvalue weighted by atomic mass is 32.2. The second-order valence-electron chi connectivity index (χ2n) is 4.41. The Morgan fingerprint density at radius 2 is 1.90 bits per heavy atom. The minimum absolute atomic E-state index is 0.131. The minimum Gasteiger partial charge on any atom is -0.497 e. The Morgan fingerprint density at radius 3 is 2.55 bits per heavy atom. The van der Waals surface area contributed by atoms with Crippen LogP contribution in [0.1, 0.15) is 22.8 Å². The Balaban J connectivity index is 2.07. The molecule has 0 heterocycles. The molecule has 2 aromatic rings. The summed E-state index contributed by atoms with van der Waals surface area (Å²) >= 11 is 1.78. The van der Waals surface area contributed by atoms with E-state index < -0.39 is 0 Å². The van der Waals surface area contributed by atoms with Gasteiger partial charge < -0.3 is 4.74 Å². The highest BCUT2D eigenvalue weighted by Crippen LogP contribution is 2.19. The summed E-state index contributed by atoms with van der Waals surface area (Å²) in [5, 5.41) is 0. The van der Waals surface area contributed by atoms with Crippen LogP contribution in [0, 0.1) is 0 Å². The number of ketones is 1. The fourth-order valence-corrected chi connectivity index (χ4v) is 2.64. The number of ether oxygens (including phenoxy) is 1. The van der Waals surface area contributed by atoms with E-state index in [1.165, 1.54) is 4.90 Å². The normalized spacial score (nSPS) is 10.3. The molecule has 0 aromatic heterocycles. The van der Waals surface area contributed by atoms with Crippen LogP contribution in [0.15, 0.2) is 53.4 Å². The van der Waals surface area contributed by atoms with Crippen molar-refractivity contribution in [3.63, 3.8) is 0 Å². The Morgan fingerprint density at radius 1 is 1.15 bits per heavy atom.